The summed E-state index contributed by atoms with van der Waals surface area (Å²) in [6.07, 6.45) is 3.15. The van der Waals surface area contributed by atoms with Crippen LogP contribution >= 0.6 is 0 Å². The van der Waals surface area contributed by atoms with Crippen molar-refractivity contribution < 1.29 is 9.53 Å². The SMILES string of the molecule is COC(=O)C(N)CC1(C)CC1. The Kier molecular flexibility index (Phi) is 2.18. The van der Waals surface area contributed by atoms with E-state index in [2.05, 4.69) is 11.7 Å². The first-order chi connectivity index (χ1) is 5.07. The molecule has 0 aromatic rings. The van der Waals surface area contributed by atoms with Crippen molar-refractivity contribution in [1.29, 1.82) is 0 Å². The number of ether oxygens (including phenoxy) is 1. The van der Waals surface area contributed by atoms with E-state index in [4.69, 9.17) is 5.73 Å². The Labute approximate surface area is 66.9 Å². The molecule has 1 aliphatic carbocycles. The van der Waals surface area contributed by atoms with Crippen molar-refractivity contribution in [2.24, 2.45) is 11.1 Å². The Morgan fingerprint density at radius 2 is 2.27 bits per heavy atom. The predicted molar refractivity (Wildman–Crippen MR) is 41.9 cm³/mol. The lowest BCUT2D eigenvalue weighted by Gasteiger charge is -2.13. The summed E-state index contributed by atoms with van der Waals surface area (Å²) in [4.78, 5) is 10.9. The second-order valence-corrected chi connectivity index (χ2v) is 3.64. The van der Waals surface area contributed by atoms with Crippen molar-refractivity contribution in [3.8, 4) is 0 Å². The maximum atomic E-state index is 10.9. The van der Waals surface area contributed by atoms with E-state index in [0.717, 1.165) is 6.42 Å². The number of hydrogen-bond acceptors (Lipinski definition) is 3. The highest BCUT2D eigenvalue weighted by Gasteiger charge is 2.40. The van der Waals surface area contributed by atoms with Gasteiger partial charge in [0.05, 0.1) is 7.11 Å². The van der Waals surface area contributed by atoms with Crippen LogP contribution in [0.15, 0.2) is 0 Å². The molecule has 2 N–H and O–H groups in total. The fourth-order valence-electron chi connectivity index (χ4n) is 1.18. The molecule has 1 fully saturated rings. The van der Waals surface area contributed by atoms with Crippen LogP contribution in [0.3, 0.4) is 0 Å². The largest absolute Gasteiger partial charge is 0.468 e. The van der Waals surface area contributed by atoms with Crippen LogP contribution in [0, 0.1) is 5.41 Å². The number of nitrogens with two attached hydrogens (primary N) is 1. The Morgan fingerprint density at radius 3 is 2.64 bits per heavy atom. The lowest BCUT2D eigenvalue weighted by Crippen LogP contribution is -2.33. The maximum absolute atomic E-state index is 10.9. The molecule has 0 aromatic heterocycles. The van der Waals surface area contributed by atoms with Crippen LogP contribution in [0.25, 0.3) is 0 Å². The molecule has 11 heavy (non-hydrogen) atoms. The standard InChI is InChI=1S/C8H15NO2/c1-8(3-4-8)5-6(9)7(10)11-2/h6H,3-5,9H2,1-2H3. The monoisotopic (exact) mass is 157 g/mol. The zero-order chi connectivity index (χ0) is 8.48. The minimum Gasteiger partial charge on any atom is -0.468 e. The number of hydrogen-bond donors (Lipinski definition) is 1. The normalized spacial score (nSPS) is 22.5. The first-order valence-corrected chi connectivity index (χ1v) is 3.91. The van der Waals surface area contributed by atoms with E-state index in [0.29, 0.717) is 5.41 Å². The lowest BCUT2D eigenvalue weighted by atomic mass is 10.00. The van der Waals surface area contributed by atoms with Crippen LogP contribution in [0.4, 0.5) is 0 Å². The summed E-state index contributed by atoms with van der Waals surface area (Å²) in [7, 11) is 1.37. The van der Waals surface area contributed by atoms with E-state index in [9.17, 15) is 4.79 Å². The number of carbonyl (C=O) groups is 1. The quantitative estimate of drug-likeness (QED) is 0.613. The molecule has 0 saturated heterocycles. The van der Waals surface area contributed by atoms with Gasteiger partial charge in [0.15, 0.2) is 0 Å². The molecular weight excluding hydrogens is 142 g/mol. The highest BCUT2D eigenvalue weighted by Crippen LogP contribution is 2.48. The topological polar surface area (TPSA) is 52.3 Å². The molecule has 1 rings (SSSR count). The van der Waals surface area contributed by atoms with Crippen LogP contribution in [0.5, 0.6) is 0 Å². The molecule has 0 bridgehead atoms. The average Bonchev–Trinajstić information content (AvgIpc) is 2.66. The Balaban J connectivity index is 2.31. The molecule has 0 spiro atoms. The second-order valence-electron chi connectivity index (χ2n) is 3.64. The highest BCUT2D eigenvalue weighted by molar-refractivity contribution is 5.75. The van der Waals surface area contributed by atoms with Gasteiger partial charge >= 0.3 is 5.97 Å². The molecule has 1 saturated carbocycles. The molecule has 3 heteroatoms. The van der Waals surface area contributed by atoms with Gasteiger partial charge in [-0.05, 0) is 24.7 Å². The summed E-state index contributed by atoms with van der Waals surface area (Å²) < 4.78 is 4.52. The fraction of sp³-hybridized carbons (Fsp3) is 0.875. The van der Waals surface area contributed by atoms with Crippen LogP contribution in [-0.4, -0.2) is 19.1 Å². The van der Waals surface area contributed by atoms with E-state index in [-0.39, 0.29) is 5.97 Å². The molecule has 3 nitrogen and oxygen atoms in total. The third kappa shape index (κ3) is 2.19. The Morgan fingerprint density at radius 1 is 1.73 bits per heavy atom. The van der Waals surface area contributed by atoms with Gasteiger partial charge in [-0.1, -0.05) is 6.92 Å². The van der Waals surface area contributed by atoms with Gasteiger partial charge in [-0.3, -0.25) is 4.79 Å². The zero-order valence-corrected chi connectivity index (χ0v) is 7.09. The smallest absolute Gasteiger partial charge is 0.322 e. The van der Waals surface area contributed by atoms with Crippen LogP contribution < -0.4 is 5.73 Å². The number of esters is 1. The van der Waals surface area contributed by atoms with Gasteiger partial charge in [0.1, 0.15) is 6.04 Å². The van der Waals surface area contributed by atoms with Gasteiger partial charge in [-0.2, -0.15) is 0 Å². The summed E-state index contributed by atoms with van der Waals surface area (Å²) in [6, 6.07) is -0.424. The third-order valence-corrected chi connectivity index (χ3v) is 2.32. The zero-order valence-electron chi connectivity index (χ0n) is 7.09. The number of rotatable bonds is 3. The van der Waals surface area contributed by atoms with Gasteiger partial charge < -0.3 is 10.5 Å². The van der Waals surface area contributed by atoms with Gasteiger partial charge in [0.2, 0.25) is 0 Å². The lowest BCUT2D eigenvalue weighted by molar-refractivity contribution is -0.142. The first-order valence-electron chi connectivity index (χ1n) is 3.91. The molecule has 64 valence electrons. The minimum atomic E-state index is -0.424. The average molecular weight is 157 g/mol. The van der Waals surface area contributed by atoms with E-state index in [1.165, 1.54) is 20.0 Å². The molecule has 1 aliphatic rings. The van der Waals surface area contributed by atoms with E-state index in [1.54, 1.807) is 0 Å². The van der Waals surface area contributed by atoms with Crippen molar-refractivity contribution in [2.75, 3.05) is 7.11 Å². The second kappa shape index (κ2) is 2.81. The van der Waals surface area contributed by atoms with Crippen molar-refractivity contribution >= 4 is 5.97 Å². The highest BCUT2D eigenvalue weighted by atomic mass is 16.5. The van der Waals surface area contributed by atoms with Crippen LogP contribution in [0.1, 0.15) is 26.2 Å². The van der Waals surface area contributed by atoms with Gasteiger partial charge in [0.25, 0.3) is 0 Å². The molecular formula is C8H15NO2. The van der Waals surface area contributed by atoms with Crippen molar-refractivity contribution in [3.05, 3.63) is 0 Å². The van der Waals surface area contributed by atoms with Gasteiger partial charge in [-0.25, -0.2) is 0 Å². The molecule has 1 atom stereocenters. The van der Waals surface area contributed by atoms with Crippen molar-refractivity contribution in [1.82, 2.24) is 0 Å². The molecule has 1 unspecified atom stereocenters. The minimum absolute atomic E-state index is 0.293. The predicted octanol–water partition coefficient (Wildman–Crippen LogP) is 0.677. The van der Waals surface area contributed by atoms with Crippen molar-refractivity contribution in [3.63, 3.8) is 0 Å². The molecule has 0 radical (unpaired) electrons. The molecule has 0 aromatic carbocycles. The summed E-state index contributed by atoms with van der Waals surface area (Å²) in [6.45, 7) is 2.15. The summed E-state index contributed by atoms with van der Waals surface area (Å²) in [5, 5.41) is 0. The first kappa shape index (κ1) is 8.53. The number of methoxy groups -OCH3 is 1. The van der Waals surface area contributed by atoms with Crippen molar-refractivity contribution in [2.45, 2.75) is 32.2 Å². The van der Waals surface area contributed by atoms with Gasteiger partial charge in [-0.15, -0.1) is 0 Å². The fourth-order valence-corrected chi connectivity index (χ4v) is 1.18. The third-order valence-electron chi connectivity index (χ3n) is 2.32. The van der Waals surface area contributed by atoms with Crippen LogP contribution in [0.2, 0.25) is 0 Å². The van der Waals surface area contributed by atoms with Crippen LogP contribution in [-0.2, 0) is 9.53 Å². The van der Waals surface area contributed by atoms with E-state index < -0.39 is 6.04 Å². The maximum Gasteiger partial charge on any atom is 0.322 e. The van der Waals surface area contributed by atoms with E-state index >= 15 is 0 Å². The summed E-state index contributed by atoms with van der Waals surface area (Å²) >= 11 is 0. The number of carbonyl (C=O) groups excluding carboxylic acids is 1. The summed E-state index contributed by atoms with van der Waals surface area (Å²) in [5.74, 6) is -0.293. The Hall–Kier alpha value is -0.570. The summed E-state index contributed by atoms with van der Waals surface area (Å²) in [5.41, 5.74) is 5.91. The van der Waals surface area contributed by atoms with Gasteiger partial charge in [0, 0.05) is 0 Å². The van der Waals surface area contributed by atoms with E-state index in [1.807, 2.05) is 0 Å². The Bertz CT molecular complexity index is 163. The molecule has 0 heterocycles. The molecule has 0 amide bonds. The molecule has 0 aliphatic heterocycles.